The maximum absolute atomic E-state index is 10.3. The van der Waals surface area contributed by atoms with E-state index in [-0.39, 0.29) is 0 Å². The van der Waals surface area contributed by atoms with E-state index in [9.17, 15) is 4.79 Å². The molecule has 1 nitrogen and oxygen atoms in total. The molecule has 0 bridgehead atoms. The number of hydrogen-bond donors (Lipinski definition) is 0. The molecule has 84 valence electrons. The van der Waals surface area contributed by atoms with Crippen LogP contribution in [0.3, 0.4) is 0 Å². The minimum Gasteiger partial charge on any atom is -0.299 e. The number of allylic oxidation sites excluding steroid dienone is 1. The molecule has 1 heteroatoms. The molecule has 1 aromatic rings. The predicted octanol–water partition coefficient (Wildman–Crippen LogP) is 3.95. The number of benzene rings is 1. The first-order chi connectivity index (χ1) is 7.90. The van der Waals surface area contributed by atoms with Crippen LogP contribution in [-0.4, -0.2) is 6.29 Å². The summed E-state index contributed by atoms with van der Waals surface area (Å²) in [5.41, 5.74) is 2.57. The molecule has 0 amide bonds. The standard InChI is InChI=1S/C15H18O/c16-11-5-7-13-6-4-10-15(12-13)14-8-2-1-3-9-14/h4-7,10-12,14H,1-3,8-9H2. The summed E-state index contributed by atoms with van der Waals surface area (Å²) >= 11 is 0. The third-order valence-electron chi connectivity index (χ3n) is 3.35. The molecule has 0 heterocycles. The second kappa shape index (κ2) is 5.64. The van der Waals surface area contributed by atoms with E-state index >= 15 is 0 Å². The Labute approximate surface area is 97.2 Å². The maximum atomic E-state index is 10.3. The first kappa shape index (κ1) is 11.1. The topological polar surface area (TPSA) is 17.1 Å². The first-order valence-corrected chi connectivity index (χ1v) is 6.12. The zero-order valence-electron chi connectivity index (χ0n) is 9.56. The zero-order valence-corrected chi connectivity index (χ0v) is 9.56. The van der Waals surface area contributed by atoms with E-state index in [0.717, 1.165) is 17.8 Å². The Kier molecular flexibility index (Phi) is 3.92. The van der Waals surface area contributed by atoms with Crippen LogP contribution in [0.1, 0.15) is 49.1 Å². The van der Waals surface area contributed by atoms with Gasteiger partial charge in [0.05, 0.1) is 0 Å². The molecule has 16 heavy (non-hydrogen) atoms. The van der Waals surface area contributed by atoms with E-state index in [1.165, 1.54) is 37.7 Å². The Morgan fingerprint density at radius 3 is 2.69 bits per heavy atom. The van der Waals surface area contributed by atoms with Gasteiger partial charge in [-0.05, 0) is 36.0 Å². The highest BCUT2D eigenvalue weighted by atomic mass is 16.1. The fraction of sp³-hybridized carbons (Fsp3) is 0.400. The van der Waals surface area contributed by atoms with Crippen LogP contribution in [0.2, 0.25) is 0 Å². The quantitative estimate of drug-likeness (QED) is 0.550. The van der Waals surface area contributed by atoms with Gasteiger partial charge in [-0.1, -0.05) is 49.6 Å². The molecular weight excluding hydrogens is 196 g/mol. The van der Waals surface area contributed by atoms with Gasteiger partial charge in [-0.2, -0.15) is 0 Å². The molecule has 0 saturated heterocycles. The molecule has 0 unspecified atom stereocenters. The molecule has 1 aromatic carbocycles. The van der Waals surface area contributed by atoms with Crippen molar-refractivity contribution >= 4 is 12.4 Å². The van der Waals surface area contributed by atoms with Crippen molar-refractivity contribution in [2.24, 2.45) is 0 Å². The van der Waals surface area contributed by atoms with Crippen LogP contribution in [0.4, 0.5) is 0 Å². The molecule has 0 aliphatic heterocycles. The molecular formula is C15H18O. The summed E-state index contributed by atoms with van der Waals surface area (Å²) in [6.45, 7) is 0. The van der Waals surface area contributed by atoms with Crippen LogP contribution < -0.4 is 0 Å². The highest BCUT2D eigenvalue weighted by Crippen LogP contribution is 2.32. The first-order valence-electron chi connectivity index (χ1n) is 6.12. The monoisotopic (exact) mass is 214 g/mol. The summed E-state index contributed by atoms with van der Waals surface area (Å²) in [5, 5.41) is 0. The second-order valence-electron chi connectivity index (χ2n) is 4.50. The SMILES string of the molecule is O=CC=Cc1cccc(C2CCCCC2)c1. The van der Waals surface area contributed by atoms with Gasteiger partial charge in [0, 0.05) is 0 Å². The van der Waals surface area contributed by atoms with Crippen molar-refractivity contribution < 1.29 is 4.79 Å². The number of aldehydes is 1. The zero-order chi connectivity index (χ0) is 11.2. The molecule has 0 N–H and O–H groups in total. The van der Waals surface area contributed by atoms with Gasteiger partial charge < -0.3 is 0 Å². The highest BCUT2D eigenvalue weighted by Gasteiger charge is 2.14. The Morgan fingerprint density at radius 2 is 1.94 bits per heavy atom. The number of rotatable bonds is 3. The van der Waals surface area contributed by atoms with Crippen molar-refractivity contribution in [1.29, 1.82) is 0 Å². The van der Waals surface area contributed by atoms with E-state index in [4.69, 9.17) is 0 Å². The minimum absolute atomic E-state index is 0.735. The van der Waals surface area contributed by atoms with Gasteiger partial charge in [0.15, 0.2) is 0 Å². The average Bonchev–Trinajstić information content (AvgIpc) is 2.38. The lowest BCUT2D eigenvalue weighted by Gasteiger charge is -2.22. The van der Waals surface area contributed by atoms with E-state index in [1.54, 1.807) is 6.08 Å². The van der Waals surface area contributed by atoms with Crippen molar-refractivity contribution in [2.45, 2.75) is 38.0 Å². The van der Waals surface area contributed by atoms with Crippen molar-refractivity contribution in [1.82, 2.24) is 0 Å². The van der Waals surface area contributed by atoms with Crippen LogP contribution in [0, 0.1) is 0 Å². The summed E-state index contributed by atoms with van der Waals surface area (Å²) in [6.07, 6.45) is 11.0. The third kappa shape index (κ3) is 2.82. The Bertz CT molecular complexity index is 373. The summed E-state index contributed by atoms with van der Waals surface area (Å²) in [6, 6.07) is 8.57. The normalized spacial score (nSPS) is 17.8. The molecule has 1 fully saturated rings. The number of carbonyl (C=O) groups excluding carboxylic acids is 1. The fourth-order valence-electron chi connectivity index (χ4n) is 2.50. The van der Waals surface area contributed by atoms with Crippen LogP contribution in [0.5, 0.6) is 0 Å². The van der Waals surface area contributed by atoms with Gasteiger partial charge in [0.25, 0.3) is 0 Å². The second-order valence-corrected chi connectivity index (χ2v) is 4.50. The highest BCUT2D eigenvalue weighted by molar-refractivity contribution is 5.73. The van der Waals surface area contributed by atoms with E-state index in [0.29, 0.717) is 0 Å². The lowest BCUT2D eigenvalue weighted by atomic mass is 9.83. The Hall–Kier alpha value is -1.37. The predicted molar refractivity (Wildman–Crippen MR) is 67.4 cm³/mol. The summed E-state index contributed by atoms with van der Waals surface area (Å²) in [5.74, 6) is 0.735. The van der Waals surface area contributed by atoms with E-state index in [1.807, 2.05) is 12.1 Å². The molecule has 1 saturated carbocycles. The van der Waals surface area contributed by atoms with E-state index < -0.39 is 0 Å². The van der Waals surface area contributed by atoms with Crippen molar-refractivity contribution in [3.8, 4) is 0 Å². The number of carbonyl (C=O) groups is 1. The number of hydrogen-bond acceptors (Lipinski definition) is 1. The lowest BCUT2D eigenvalue weighted by molar-refractivity contribution is -0.104. The summed E-state index contributed by atoms with van der Waals surface area (Å²) < 4.78 is 0. The van der Waals surface area contributed by atoms with Crippen molar-refractivity contribution in [3.63, 3.8) is 0 Å². The van der Waals surface area contributed by atoms with Crippen LogP contribution in [0.15, 0.2) is 30.3 Å². The van der Waals surface area contributed by atoms with Crippen molar-refractivity contribution in [2.75, 3.05) is 0 Å². The minimum atomic E-state index is 0.735. The maximum Gasteiger partial charge on any atom is 0.142 e. The van der Waals surface area contributed by atoms with Crippen molar-refractivity contribution in [3.05, 3.63) is 41.5 Å². The van der Waals surface area contributed by atoms with Gasteiger partial charge >= 0.3 is 0 Å². The molecule has 0 atom stereocenters. The van der Waals surface area contributed by atoms with Crippen LogP contribution >= 0.6 is 0 Å². The van der Waals surface area contributed by atoms with Gasteiger partial charge in [-0.15, -0.1) is 0 Å². The van der Waals surface area contributed by atoms with Gasteiger partial charge in [-0.25, -0.2) is 0 Å². The Morgan fingerprint density at radius 1 is 1.12 bits per heavy atom. The summed E-state index contributed by atoms with van der Waals surface area (Å²) in [4.78, 5) is 10.3. The van der Waals surface area contributed by atoms with Crippen LogP contribution in [0.25, 0.3) is 6.08 Å². The Balaban J connectivity index is 2.14. The smallest absolute Gasteiger partial charge is 0.142 e. The lowest BCUT2D eigenvalue weighted by Crippen LogP contribution is -2.04. The van der Waals surface area contributed by atoms with Gasteiger partial charge in [-0.3, -0.25) is 4.79 Å². The fourth-order valence-corrected chi connectivity index (χ4v) is 2.50. The average molecular weight is 214 g/mol. The largest absolute Gasteiger partial charge is 0.299 e. The molecule has 1 aliphatic carbocycles. The van der Waals surface area contributed by atoms with E-state index in [2.05, 4.69) is 18.2 Å². The van der Waals surface area contributed by atoms with Crippen LogP contribution in [-0.2, 0) is 4.79 Å². The summed E-state index contributed by atoms with van der Waals surface area (Å²) in [7, 11) is 0. The third-order valence-corrected chi connectivity index (χ3v) is 3.35. The molecule has 0 radical (unpaired) electrons. The molecule has 2 rings (SSSR count). The molecule has 1 aliphatic rings. The van der Waals surface area contributed by atoms with Gasteiger partial charge in [0.1, 0.15) is 6.29 Å². The molecule has 0 aromatic heterocycles. The molecule has 0 spiro atoms. The van der Waals surface area contributed by atoms with Gasteiger partial charge in [0.2, 0.25) is 0 Å².